The lowest BCUT2D eigenvalue weighted by molar-refractivity contribution is 0.589. The fourth-order valence-corrected chi connectivity index (χ4v) is 4.97. The zero-order chi connectivity index (χ0) is 22.3. The minimum Gasteiger partial charge on any atom is -0.0894 e. The summed E-state index contributed by atoms with van der Waals surface area (Å²) in [6, 6.07) is 20.7. The first-order valence-corrected chi connectivity index (χ1v) is 11.7. The van der Waals surface area contributed by atoms with Gasteiger partial charge in [-0.15, -0.1) is 0 Å². The van der Waals surface area contributed by atoms with Gasteiger partial charge >= 0.3 is 0 Å². The van der Waals surface area contributed by atoms with Gasteiger partial charge in [-0.2, -0.15) is 0 Å². The molecule has 0 atom stereocenters. The number of benzene rings is 3. The third-order valence-electron chi connectivity index (χ3n) is 5.74. The van der Waals surface area contributed by atoms with Gasteiger partial charge in [0.05, 0.1) is 0 Å². The zero-order valence-electron chi connectivity index (χ0n) is 20.1. The molecule has 158 valence electrons. The highest BCUT2D eigenvalue weighted by molar-refractivity contribution is 7.99. The summed E-state index contributed by atoms with van der Waals surface area (Å²) in [5.41, 5.74) is 9.81. The van der Waals surface area contributed by atoms with Crippen LogP contribution in [0, 0.1) is 20.8 Å². The Morgan fingerprint density at radius 1 is 0.600 bits per heavy atom. The van der Waals surface area contributed by atoms with Crippen molar-refractivity contribution in [2.75, 3.05) is 0 Å². The second-order valence-corrected chi connectivity index (χ2v) is 11.7. The van der Waals surface area contributed by atoms with Crippen molar-refractivity contribution in [2.45, 2.75) is 82.9 Å². The van der Waals surface area contributed by atoms with Gasteiger partial charge in [0.25, 0.3) is 0 Å². The van der Waals surface area contributed by atoms with E-state index in [1.54, 1.807) is 0 Å². The Morgan fingerprint density at radius 3 is 1.60 bits per heavy atom. The topological polar surface area (TPSA) is 0 Å². The van der Waals surface area contributed by atoms with E-state index in [-0.39, 0.29) is 10.8 Å². The highest BCUT2D eigenvalue weighted by Crippen LogP contribution is 2.41. The van der Waals surface area contributed by atoms with E-state index in [0.29, 0.717) is 0 Å². The lowest BCUT2D eigenvalue weighted by atomic mass is 9.84. The summed E-state index contributed by atoms with van der Waals surface area (Å²) >= 11 is 1.87. The van der Waals surface area contributed by atoms with Crippen LogP contribution in [0.4, 0.5) is 0 Å². The highest BCUT2D eigenvalue weighted by Gasteiger charge is 2.19. The molecule has 3 rings (SSSR count). The molecule has 0 heterocycles. The summed E-state index contributed by atoms with van der Waals surface area (Å²) in [4.78, 5) is 2.61. The summed E-state index contributed by atoms with van der Waals surface area (Å²) in [7, 11) is 0. The molecule has 0 fully saturated rings. The third kappa shape index (κ3) is 5.01. The fraction of sp³-hybridized carbons (Fsp3) is 0.379. The Morgan fingerprint density at radius 2 is 1.10 bits per heavy atom. The van der Waals surface area contributed by atoms with E-state index in [9.17, 15) is 0 Å². The first kappa shape index (κ1) is 22.7. The Balaban J connectivity index is 2.11. The van der Waals surface area contributed by atoms with Crippen LogP contribution >= 0.6 is 11.8 Å². The van der Waals surface area contributed by atoms with E-state index in [2.05, 4.69) is 117 Å². The normalized spacial score (nSPS) is 12.3. The average molecular weight is 417 g/mol. The molecule has 0 N–H and O–H groups in total. The van der Waals surface area contributed by atoms with Crippen LogP contribution in [-0.4, -0.2) is 0 Å². The van der Waals surface area contributed by atoms with E-state index in [0.717, 1.165) is 0 Å². The molecule has 0 saturated heterocycles. The van der Waals surface area contributed by atoms with Gasteiger partial charge in [-0.1, -0.05) is 89.2 Å². The molecule has 0 unspecified atom stereocenters. The van der Waals surface area contributed by atoms with Crippen LogP contribution in [0.3, 0.4) is 0 Å². The molecular weight excluding hydrogens is 380 g/mol. The van der Waals surface area contributed by atoms with Crippen molar-refractivity contribution >= 4 is 11.8 Å². The summed E-state index contributed by atoms with van der Waals surface area (Å²) < 4.78 is 0. The van der Waals surface area contributed by atoms with Crippen molar-refractivity contribution in [2.24, 2.45) is 0 Å². The molecule has 3 aromatic carbocycles. The van der Waals surface area contributed by atoms with Gasteiger partial charge < -0.3 is 0 Å². The van der Waals surface area contributed by atoms with Crippen molar-refractivity contribution in [3.05, 3.63) is 82.4 Å². The molecule has 0 aliphatic carbocycles. The highest BCUT2D eigenvalue weighted by atomic mass is 32.2. The van der Waals surface area contributed by atoms with Crippen molar-refractivity contribution < 1.29 is 0 Å². The van der Waals surface area contributed by atoms with Crippen LogP contribution in [0.2, 0.25) is 0 Å². The number of rotatable bonds is 3. The van der Waals surface area contributed by atoms with Gasteiger partial charge in [-0.3, -0.25) is 0 Å². The first-order valence-electron chi connectivity index (χ1n) is 10.9. The van der Waals surface area contributed by atoms with Gasteiger partial charge in [0.2, 0.25) is 0 Å². The molecule has 1 heteroatoms. The largest absolute Gasteiger partial charge is 0.0894 e. The van der Waals surface area contributed by atoms with Crippen molar-refractivity contribution in [3.8, 4) is 11.1 Å². The van der Waals surface area contributed by atoms with Crippen molar-refractivity contribution in [1.29, 1.82) is 0 Å². The minimum atomic E-state index is 0.124. The van der Waals surface area contributed by atoms with Gasteiger partial charge in [-0.25, -0.2) is 0 Å². The number of hydrogen-bond acceptors (Lipinski definition) is 1. The molecule has 0 amide bonds. The van der Waals surface area contributed by atoms with Crippen LogP contribution < -0.4 is 0 Å². The maximum Gasteiger partial charge on any atom is 0.0201 e. The van der Waals surface area contributed by atoms with Gasteiger partial charge in [0, 0.05) is 9.79 Å². The van der Waals surface area contributed by atoms with E-state index in [1.165, 1.54) is 48.7 Å². The molecule has 0 aliphatic rings. The zero-order valence-corrected chi connectivity index (χ0v) is 20.9. The third-order valence-corrected chi connectivity index (χ3v) is 6.82. The molecule has 0 saturated carbocycles. The predicted octanol–water partition coefficient (Wildman–Crippen LogP) is 9.03. The summed E-state index contributed by atoms with van der Waals surface area (Å²) in [6.45, 7) is 20.3. The second-order valence-electron chi connectivity index (χ2n) is 10.6. The fourth-order valence-electron chi connectivity index (χ4n) is 4.04. The van der Waals surface area contributed by atoms with Crippen molar-refractivity contribution in [3.63, 3.8) is 0 Å². The Bertz CT molecular complexity index is 1020. The number of hydrogen-bond donors (Lipinski definition) is 0. The smallest absolute Gasteiger partial charge is 0.0201 e. The average Bonchev–Trinajstić information content (AvgIpc) is 2.61. The summed E-state index contributed by atoms with van der Waals surface area (Å²) in [5.74, 6) is 0. The number of aryl methyl sites for hydroxylation is 3. The second kappa shape index (κ2) is 8.27. The lowest BCUT2D eigenvalue weighted by Gasteiger charge is -2.23. The Kier molecular flexibility index (Phi) is 6.25. The maximum atomic E-state index is 2.41. The van der Waals surface area contributed by atoms with E-state index >= 15 is 0 Å². The molecule has 3 aromatic rings. The minimum absolute atomic E-state index is 0.124. The maximum absolute atomic E-state index is 2.41. The summed E-state index contributed by atoms with van der Waals surface area (Å²) in [5, 5.41) is 0. The molecule has 0 spiro atoms. The van der Waals surface area contributed by atoms with Crippen LogP contribution in [0.25, 0.3) is 11.1 Å². The quantitative estimate of drug-likeness (QED) is 0.410. The monoisotopic (exact) mass is 416 g/mol. The van der Waals surface area contributed by atoms with Crippen LogP contribution in [0.15, 0.2) is 64.4 Å². The lowest BCUT2D eigenvalue weighted by Crippen LogP contribution is -2.11. The molecule has 30 heavy (non-hydrogen) atoms. The Hall–Kier alpha value is -1.99. The van der Waals surface area contributed by atoms with Crippen LogP contribution in [0.5, 0.6) is 0 Å². The SMILES string of the molecule is Cc1cc(C)c(-c2cc(C(C)(C)C)ccc2Sc2ccc(C(C)(C)C)cc2)c(C)c1. The molecular formula is C29H36S. The van der Waals surface area contributed by atoms with Gasteiger partial charge in [-0.05, 0) is 89.2 Å². The van der Waals surface area contributed by atoms with E-state index in [1.807, 2.05) is 11.8 Å². The van der Waals surface area contributed by atoms with E-state index in [4.69, 9.17) is 0 Å². The van der Waals surface area contributed by atoms with Crippen molar-refractivity contribution in [1.82, 2.24) is 0 Å². The molecule has 0 aromatic heterocycles. The molecule has 0 radical (unpaired) electrons. The standard InChI is InChI=1S/C29H36S/c1-19-16-20(2)27(21(3)17-19)25-18-23(29(7,8)9)12-15-26(25)30-24-13-10-22(11-14-24)28(4,5)6/h10-18H,1-9H3. The van der Waals surface area contributed by atoms with E-state index < -0.39 is 0 Å². The predicted molar refractivity (Wildman–Crippen MR) is 134 cm³/mol. The van der Waals surface area contributed by atoms with Crippen LogP contribution in [-0.2, 0) is 10.8 Å². The van der Waals surface area contributed by atoms with Gasteiger partial charge in [0.15, 0.2) is 0 Å². The molecule has 0 nitrogen and oxygen atoms in total. The van der Waals surface area contributed by atoms with Crippen LogP contribution in [0.1, 0.15) is 69.4 Å². The Labute approximate surface area is 188 Å². The molecule has 0 bridgehead atoms. The first-order chi connectivity index (χ1) is 13.9. The molecule has 0 aliphatic heterocycles. The van der Waals surface area contributed by atoms with Gasteiger partial charge in [0.1, 0.15) is 0 Å². The summed E-state index contributed by atoms with van der Waals surface area (Å²) in [6.07, 6.45) is 0.